The van der Waals surface area contributed by atoms with Crippen LogP contribution in [0.4, 0.5) is 0 Å². The van der Waals surface area contributed by atoms with Crippen LogP contribution in [0.2, 0.25) is 5.02 Å². The molecule has 0 fully saturated rings. The number of hydrogen-bond acceptors (Lipinski definition) is 2. The molecule has 0 heterocycles. The van der Waals surface area contributed by atoms with E-state index in [-0.39, 0.29) is 18.3 Å². The first-order valence-corrected chi connectivity index (χ1v) is 5.32. The van der Waals surface area contributed by atoms with Gasteiger partial charge in [-0.15, -0.1) is 12.4 Å². The van der Waals surface area contributed by atoms with Gasteiger partial charge < -0.3 is 11.1 Å². The van der Waals surface area contributed by atoms with Crippen LogP contribution in [0, 0.1) is 0 Å². The van der Waals surface area contributed by atoms with Gasteiger partial charge >= 0.3 is 0 Å². The van der Waals surface area contributed by atoms with Gasteiger partial charge in [0.1, 0.15) is 0 Å². The lowest BCUT2D eigenvalue weighted by Gasteiger charge is -2.04. The maximum absolute atomic E-state index is 11.3. The first-order chi connectivity index (χ1) is 7.24. The number of nitrogens with two attached hydrogens (primary N) is 1. The lowest BCUT2D eigenvalue weighted by atomic mass is 10.1. The molecule has 1 aromatic rings. The molecule has 0 aromatic heterocycles. The summed E-state index contributed by atoms with van der Waals surface area (Å²) in [5.74, 6) is 0.0142. The molecular formula is C11H16Cl2N2O. The normalized spacial score (nSPS) is 9.38. The molecule has 3 nitrogen and oxygen atoms in total. The maximum Gasteiger partial charge on any atom is 0.220 e. The monoisotopic (exact) mass is 262 g/mol. The molecule has 90 valence electrons. The van der Waals surface area contributed by atoms with Crippen molar-refractivity contribution < 1.29 is 4.79 Å². The molecule has 5 heteroatoms. The third kappa shape index (κ3) is 5.35. The van der Waals surface area contributed by atoms with Crippen molar-refractivity contribution in [3.8, 4) is 0 Å². The molecule has 0 bridgehead atoms. The Labute approximate surface area is 107 Å². The average molecular weight is 263 g/mol. The Morgan fingerprint density at radius 2 is 2.06 bits per heavy atom. The van der Waals surface area contributed by atoms with Crippen LogP contribution < -0.4 is 11.1 Å². The highest BCUT2D eigenvalue weighted by Gasteiger charge is 2.03. The molecule has 1 amide bonds. The Morgan fingerprint density at radius 1 is 1.38 bits per heavy atom. The topological polar surface area (TPSA) is 55.1 Å². The number of aryl methyl sites for hydroxylation is 1. The molecule has 1 rings (SSSR count). The molecule has 3 N–H and O–H groups in total. The standard InChI is InChI=1S/C11H15ClN2O.ClH/c12-10-4-2-1-3-9(10)5-6-11(15)14-8-7-13;/h1-4H,5-8,13H2,(H,14,15);1H. The summed E-state index contributed by atoms with van der Waals surface area (Å²) in [4.78, 5) is 11.3. The molecule has 0 aliphatic carbocycles. The van der Waals surface area contributed by atoms with Gasteiger partial charge in [-0.2, -0.15) is 0 Å². The fourth-order valence-corrected chi connectivity index (χ4v) is 1.48. The molecule has 0 spiro atoms. The van der Waals surface area contributed by atoms with Gasteiger partial charge in [-0.1, -0.05) is 29.8 Å². The third-order valence-corrected chi connectivity index (χ3v) is 2.41. The second-order valence-corrected chi connectivity index (χ2v) is 3.64. The number of rotatable bonds is 5. The van der Waals surface area contributed by atoms with Crippen LogP contribution >= 0.6 is 24.0 Å². The van der Waals surface area contributed by atoms with Gasteiger partial charge in [-0.05, 0) is 18.1 Å². The summed E-state index contributed by atoms with van der Waals surface area (Å²) in [5.41, 5.74) is 6.27. The van der Waals surface area contributed by atoms with Crippen LogP contribution in [0.5, 0.6) is 0 Å². The van der Waals surface area contributed by atoms with Gasteiger partial charge in [0, 0.05) is 24.5 Å². The first kappa shape index (κ1) is 15.2. The van der Waals surface area contributed by atoms with Crippen molar-refractivity contribution in [2.45, 2.75) is 12.8 Å². The predicted octanol–water partition coefficient (Wildman–Crippen LogP) is 1.77. The van der Waals surface area contributed by atoms with E-state index in [4.69, 9.17) is 17.3 Å². The number of amides is 1. The van der Waals surface area contributed by atoms with Crippen molar-refractivity contribution in [2.24, 2.45) is 5.73 Å². The zero-order valence-corrected chi connectivity index (χ0v) is 10.5. The Kier molecular flexibility index (Phi) is 7.99. The third-order valence-electron chi connectivity index (χ3n) is 2.05. The Balaban J connectivity index is 0.00000225. The highest BCUT2D eigenvalue weighted by Crippen LogP contribution is 2.16. The summed E-state index contributed by atoms with van der Waals surface area (Å²) >= 11 is 5.96. The fraction of sp³-hybridized carbons (Fsp3) is 0.364. The van der Waals surface area contributed by atoms with Crippen molar-refractivity contribution in [3.63, 3.8) is 0 Å². The second-order valence-electron chi connectivity index (χ2n) is 3.23. The smallest absolute Gasteiger partial charge is 0.220 e. The van der Waals surface area contributed by atoms with Gasteiger partial charge in [0.05, 0.1) is 0 Å². The quantitative estimate of drug-likeness (QED) is 0.850. The second kappa shape index (κ2) is 8.39. The van der Waals surface area contributed by atoms with Crippen molar-refractivity contribution >= 4 is 29.9 Å². The molecule has 0 radical (unpaired) electrons. The zero-order chi connectivity index (χ0) is 11.1. The summed E-state index contributed by atoms with van der Waals surface area (Å²) < 4.78 is 0. The van der Waals surface area contributed by atoms with E-state index < -0.39 is 0 Å². The fourth-order valence-electron chi connectivity index (χ4n) is 1.25. The number of benzene rings is 1. The van der Waals surface area contributed by atoms with Crippen LogP contribution in [-0.2, 0) is 11.2 Å². The summed E-state index contributed by atoms with van der Waals surface area (Å²) in [6.45, 7) is 0.999. The molecular weight excluding hydrogens is 247 g/mol. The van der Waals surface area contributed by atoms with E-state index in [0.717, 1.165) is 5.56 Å². The van der Waals surface area contributed by atoms with Crippen LogP contribution in [0.3, 0.4) is 0 Å². The highest BCUT2D eigenvalue weighted by molar-refractivity contribution is 6.31. The summed E-state index contributed by atoms with van der Waals surface area (Å²) in [7, 11) is 0. The Bertz CT molecular complexity index is 332. The summed E-state index contributed by atoms with van der Waals surface area (Å²) in [6, 6.07) is 7.55. The summed E-state index contributed by atoms with van der Waals surface area (Å²) in [6.07, 6.45) is 1.11. The Hall–Kier alpha value is -0.770. The lowest BCUT2D eigenvalue weighted by molar-refractivity contribution is -0.120. The molecule has 0 unspecified atom stereocenters. The SMILES string of the molecule is Cl.NCCNC(=O)CCc1ccccc1Cl. The van der Waals surface area contributed by atoms with Crippen LogP contribution in [0.15, 0.2) is 24.3 Å². The molecule has 0 aliphatic heterocycles. The minimum absolute atomic E-state index is 0. The van der Waals surface area contributed by atoms with Crippen molar-refractivity contribution in [1.82, 2.24) is 5.32 Å². The zero-order valence-electron chi connectivity index (χ0n) is 8.91. The maximum atomic E-state index is 11.3. The predicted molar refractivity (Wildman–Crippen MR) is 69.1 cm³/mol. The number of carbonyl (C=O) groups is 1. The summed E-state index contributed by atoms with van der Waals surface area (Å²) in [5, 5.41) is 3.43. The Morgan fingerprint density at radius 3 is 2.69 bits per heavy atom. The molecule has 0 aliphatic rings. The highest BCUT2D eigenvalue weighted by atomic mass is 35.5. The van der Waals surface area contributed by atoms with Crippen molar-refractivity contribution in [1.29, 1.82) is 0 Å². The van der Waals surface area contributed by atoms with Crippen LogP contribution in [0.25, 0.3) is 0 Å². The van der Waals surface area contributed by atoms with E-state index in [9.17, 15) is 4.79 Å². The minimum atomic E-state index is 0. The van der Waals surface area contributed by atoms with E-state index in [0.29, 0.717) is 31.0 Å². The molecule has 0 atom stereocenters. The van der Waals surface area contributed by atoms with Crippen molar-refractivity contribution in [3.05, 3.63) is 34.9 Å². The van der Waals surface area contributed by atoms with Gasteiger partial charge in [0.2, 0.25) is 5.91 Å². The molecule has 0 saturated carbocycles. The van der Waals surface area contributed by atoms with E-state index in [1.54, 1.807) is 0 Å². The minimum Gasteiger partial charge on any atom is -0.355 e. The number of hydrogen-bond donors (Lipinski definition) is 2. The van der Waals surface area contributed by atoms with E-state index in [1.165, 1.54) is 0 Å². The lowest BCUT2D eigenvalue weighted by Crippen LogP contribution is -2.29. The number of halogens is 2. The van der Waals surface area contributed by atoms with Crippen LogP contribution in [0.1, 0.15) is 12.0 Å². The van der Waals surface area contributed by atoms with E-state index >= 15 is 0 Å². The largest absolute Gasteiger partial charge is 0.355 e. The van der Waals surface area contributed by atoms with Gasteiger partial charge in [-0.3, -0.25) is 4.79 Å². The van der Waals surface area contributed by atoms with E-state index in [2.05, 4.69) is 5.32 Å². The van der Waals surface area contributed by atoms with Gasteiger partial charge in [0.25, 0.3) is 0 Å². The van der Waals surface area contributed by atoms with Crippen LogP contribution in [-0.4, -0.2) is 19.0 Å². The molecule has 16 heavy (non-hydrogen) atoms. The number of carbonyl (C=O) groups excluding carboxylic acids is 1. The first-order valence-electron chi connectivity index (χ1n) is 4.94. The molecule has 1 aromatic carbocycles. The average Bonchev–Trinajstić information content (AvgIpc) is 2.25. The van der Waals surface area contributed by atoms with Crippen molar-refractivity contribution in [2.75, 3.05) is 13.1 Å². The van der Waals surface area contributed by atoms with Gasteiger partial charge in [-0.25, -0.2) is 0 Å². The van der Waals surface area contributed by atoms with E-state index in [1.807, 2.05) is 24.3 Å². The van der Waals surface area contributed by atoms with Gasteiger partial charge in [0.15, 0.2) is 0 Å². The molecule has 0 saturated heterocycles. The number of nitrogens with one attached hydrogen (secondary N) is 1.